The Morgan fingerprint density at radius 1 is 1.20 bits per heavy atom. The highest BCUT2D eigenvalue weighted by atomic mass is 16.6. The van der Waals surface area contributed by atoms with E-state index < -0.39 is 0 Å². The van der Waals surface area contributed by atoms with E-state index in [0.717, 1.165) is 17.1 Å². The van der Waals surface area contributed by atoms with Gasteiger partial charge >= 0.3 is 0 Å². The molecule has 1 aromatic carbocycles. The lowest BCUT2D eigenvalue weighted by atomic mass is 10.1. The van der Waals surface area contributed by atoms with Crippen molar-refractivity contribution < 1.29 is 14.3 Å². The van der Waals surface area contributed by atoms with Crippen molar-refractivity contribution in [2.24, 2.45) is 5.92 Å². The number of hydrogen-bond acceptors (Lipinski definition) is 3. The van der Waals surface area contributed by atoms with Crippen LogP contribution in [0.3, 0.4) is 0 Å². The number of rotatable bonds is 5. The van der Waals surface area contributed by atoms with Gasteiger partial charge in [0.25, 0.3) is 0 Å². The van der Waals surface area contributed by atoms with Gasteiger partial charge in [-0.2, -0.15) is 0 Å². The largest absolute Gasteiger partial charge is 0.486 e. The second-order valence-corrected chi connectivity index (χ2v) is 5.58. The minimum Gasteiger partial charge on any atom is -0.486 e. The molecule has 0 saturated heterocycles. The molecule has 0 aromatic heterocycles. The van der Waals surface area contributed by atoms with Gasteiger partial charge in [0.2, 0.25) is 5.91 Å². The molecular formula is C16H23NO3. The molecule has 110 valence electrons. The zero-order valence-corrected chi connectivity index (χ0v) is 12.4. The fraction of sp³-hybridized carbons (Fsp3) is 0.562. The molecule has 1 N–H and O–H groups in total. The van der Waals surface area contributed by atoms with E-state index in [1.54, 1.807) is 0 Å². The van der Waals surface area contributed by atoms with Gasteiger partial charge in [-0.1, -0.05) is 19.9 Å². The number of carbonyl (C=O) groups excluding carboxylic acids is 1. The molecule has 0 fully saturated rings. The van der Waals surface area contributed by atoms with Gasteiger partial charge in [-0.15, -0.1) is 0 Å². The lowest BCUT2D eigenvalue weighted by Gasteiger charge is -2.19. The third-order valence-corrected chi connectivity index (χ3v) is 3.64. The van der Waals surface area contributed by atoms with Gasteiger partial charge in [0.15, 0.2) is 11.5 Å². The molecule has 0 radical (unpaired) electrons. The predicted octanol–water partition coefficient (Wildman–Crippen LogP) is 2.55. The van der Waals surface area contributed by atoms with Crippen LogP contribution in [0.1, 0.15) is 32.8 Å². The highest BCUT2D eigenvalue weighted by Crippen LogP contribution is 2.31. The zero-order valence-electron chi connectivity index (χ0n) is 12.4. The number of hydrogen-bond donors (Lipinski definition) is 1. The first kappa shape index (κ1) is 14.7. The summed E-state index contributed by atoms with van der Waals surface area (Å²) in [5, 5.41) is 3.02. The van der Waals surface area contributed by atoms with Gasteiger partial charge in [-0.05, 0) is 37.0 Å². The van der Waals surface area contributed by atoms with Crippen molar-refractivity contribution in [1.29, 1.82) is 0 Å². The Labute approximate surface area is 120 Å². The molecule has 1 aliphatic rings. The molecule has 1 aliphatic heterocycles. The van der Waals surface area contributed by atoms with Gasteiger partial charge in [0.05, 0.1) is 0 Å². The summed E-state index contributed by atoms with van der Waals surface area (Å²) in [6.07, 6.45) is 1.21. The van der Waals surface area contributed by atoms with Crippen molar-refractivity contribution >= 4 is 5.91 Å². The number of fused-ring (bicyclic) bond motifs is 1. The van der Waals surface area contributed by atoms with Crippen LogP contribution in [0.5, 0.6) is 11.5 Å². The third-order valence-electron chi connectivity index (χ3n) is 3.64. The normalized spacial score (nSPS) is 15.0. The molecule has 0 saturated carbocycles. The Kier molecular flexibility index (Phi) is 4.88. The summed E-state index contributed by atoms with van der Waals surface area (Å²) < 4.78 is 11.0. The van der Waals surface area contributed by atoms with E-state index in [-0.39, 0.29) is 11.9 Å². The number of carbonyl (C=O) groups is 1. The summed E-state index contributed by atoms with van der Waals surface area (Å²) in [6, 6.07) is 6.08. The van der Waals surface area contributed by atoms with Crippen molar-refractivity contribution in [1.82, 2.24) is 5.32 Å². The first-order valence-electron chi connectivity index (χ1n) is 7.24. The fourth-order valence-electron chi connectivity index (χ4n) is 1.99. The van der Waals surface area contributed by atoms with E-state index in [4.69, 9.17) is 9.47 Å². The average Bonchev–Trinajstić information content (AvgIpc) is 2.44. The maximum absolute atomic E-state index is 11.9. The molecule has 1 heterocycles. The quantitative estimate of drug-likeness (QED) is 0.899. The van der Waals surface area contributed by atoms with E-state index >= 15 is 0 Å². The Balaban J connectivity index is 1.86. The molecule has 0 aliphatic carbocycles. The van der Waals surface area contributed by atoms with Gasteiger partial charge < -0.3 is 14.8 Å². The highest BCUT2D eigenvalue weighted by Gasteiger charge is 2.13. The summed E-state index contributed by atoms with van der Waals surface area (Å²) in [5.74, 6) is 2.12. The molecule has 1 atom stereocenters. The van der Waals surface area contributed by atoms with Crippen LogP contribution in [0, 0.1) is 5.92 Å². The number of amides is 1. The minimum atomic E-state index is 0.0982. The maximum Gasteiger partial charge on any atom is 0.220 e. The first-order chi connectivity index (χ1) is 9.56. The van der Waals surface area contributed by atoms with Crippen LogP contribution >= 0.6 is 0 Å². The van der Waals surface area contributed by atoms with Gasteiger partial charge in [-0.3, -0.25) is 4.79 Å². The summed E-state index contributed by atoms with van der Waals surface area (Å²) in [7, 11) is 0. The summed E-state index contributed by atoms with van der Waals surface area (Å²) in [6.45, 7) is 7.43. The number of aryl methyl sites for hydroxylation is 1. The first-order valence-corrected chi connectivity index (χ1v) is 7.24. The van der Waals surface area contributed by atoms with Crippen LogP contribution in [0.4, 0.5) is 0 Å². The standard InChI is InChI=1S/C16H23NO3/c1-11(2)12(3)17-16(18)7-5-13-4-6-14-15(10-13)20-9-8-19-14/h4,6,10-12H,5,7-9H2,1-3H3,(H,17,18). The van der Waals surface area contributed by atoms with Crippen LogP contribution in [0.2, 0.25) is 0 Å². The van der Waals surface area contributed by atoms with E-state index in [1.165, 1.54) is 0 Å². The van der Waals surface area contributed by atoms with Crippen molar-refractivity contribution in [2.45, 2.75) is 39.7 Å². The Morgan fingerprint density at radius 3 is 2.60 bits per heavy atom. The maximum atomic E-state index is 11.9. The van der Waals surface area contributed by atoms with Crippen molar-refractivity contribution in [2.75, 3.05) is 13.2 Å². The molecule has 20 heavy (non-hydrogen) atoms. The predicted molar refractivity (Wildman–Crippen MR) is 78.2 cm³/mol. The molecule has 0 spiro atoms. The number of benzene rings is 1. The second-order valence-electron chi connectivity index (χ2n) is 5.58. The smallest absolute Gasteiger partial charge is 0.220 e. The molecule has 0 bridgehead atoms. The van der Waals surface area contributed by atoms with Gasteiger partial charge in [-0.25, -0.2) is 0 Å². The minimum absolute atomic E-state index is 0.0982. The third kappa shape index (κ3) is 3.89. The molecule has 1 aromatic rings. The topological polar surface area (TPSA) is 47.6 Å². The fourth-order valence-corrected chi connectivity index (χ4v) is 1.99. The lowest BCUT2D eigenvalue weighted by molar-refractivity contribution is -0.121. The van der Waals surface area contributed by atoms with Crippen LogP contribution in [0.25, 0.3) is 0 Å². The Morgan fingerprint density at radius 2 is 1.90 bits per heavy atom. The monoisotopic (exact) mass is 277 g/mol. The zero-order chi connectivity index (χ0) is 14.5. The van der Waals surface area contributed by atoms with Crippen LogP contribution in [-0.2, 0) is 11.2 Å². The summed E-state index contributed by atoms with van der Waals surface area (Å²) >= 11 is 0. The van der Waals surface area contributed by atoms with Crippen LogP contribution in [0.15, 0.2) is 18.2 Å². The number of ether oxygens (including phenoxy) is 2. The van der Waals surface area contributed by atoms with Crippen molar-refractivity contribution in [3.63, 3.8) is 0 Å². The Bertz CT molecular complexity index is 471. The van der Waals surface area contributed by atoms with Crippen molar-refractivity contribution in [3.8, 4) is 11.5 Å². The van der Waals surface area contributed by atoms with Gasteiger partial charge in [0.1, 0.15) is 13.2 Å². The molecular weight excluding hydrogens is 254 g/mol. The average molecular weight is 277 g/mol. The van der Waals surface area contributed by atoms with Crippen molar-refractivity contribution in [3.05, 3.63) is 23.8 Å². The van der Waals surface area contributed by atoms with Gasteiger partial charge in [0, 0.05) is 12.5 Å². The van der Waals surface area contributed by atoms with Crippen LogP contribution in [-0.4, -0.2) is 25.2 Å². The molecule has 2 rings (SSSR count). The molecule has 4 heteroatoms. The van der Waals surface area contributed by atoms with E-state index in [9.17, 15) is 4.79 Å². The number of nitrogens with one attached hydrogen (secondary N) is 1. The SMILES string of the molecule is CC(C)C(C)NC(=O)CCc1ccc2c(c1)OCCO2. The molecule has 1 amide bonds. The van der Waals surface area contributed by atoms with E-state index in [1.807, 2.05) is 25.1 Å². The van der Waals surface area contributed by atoms with E-state index in [2.05, 4.69) is 19.2 Å². The summed E-state index contributed by atoms with van der Waals surface area (Å²) in [5.41, 5.74) is 1.10. The Hall–Kier alpha value is -1.71. The highest BCUT2D eigenvalue weighted by molar-refractivity contribution is 5.76. The summed E-state index contributed by atoms with van der Waals surface area (Å²) in [4.78, 5) is 11.9. The lowest BCUT2D eigenvalue weighted by Crippen LogP contribution is -2.36. The van der Waals surface area contributed by atoms with Crippen LogP contribution < -0.4 is 14.8 Å². The molecule has 1 unspecified atom stereocenters. The molecule has 4 nitrogen and oxygen atoms in total. The second kappa shape index (κ2) is 6.64. The van der Waals surface area contributed by atoms with E-state index in [0.29, 0.717) is 32.0 Å².